The van der Waals surface area contributed by atoms with Crippen LogP contribution in [0.25, 0.3) is 0 Å². The highest BCUT2D eigenvalue weighted by atomic mass is 79.9. The summed E-state index contributed by atoms with van der Waals surface area (Å²) < 4.78 is 2.07. The summed E-state index contributed by atoms with van der Waals surface area (Å²) in [5.41, 5.74) is 0.682. The van der Waals surface area contributed by atoms with Crippen LogP contribution in [0.4, 0.5) is 5.69 Å². The summed E-state index contributed by atoms with van der Waals surface area (Å²) in [5.74, 6) is 0.843. The summed E-state index contributed by atoms with van der Waals surface area (Å²) in [6.07, 6.45) is 1.74. The molecule has 0 aliphatic rings. The number of halogens is 1. The van der Waals surface area contributed by atoms with E-state index in [2.05, 4.69) is 58.9 Å². The van der Waals surface area contributed by atoms with Crippen molar-refractivity contribution >= 4 is 21.6 Å². The number of likely N-dealkylation sites (N-methyl/N-ethyl adjacent to an activating group) is 1. The first-order chi connectivity index (χ1) is 9.72. The van der Waals surface area contributed by atoms with E-state index in [0.29, 0.717) is 22.9 Å². The van der Waals surface area contributed by atoms with Crippen molar-refractivity contribution in [2.45, 2.75) is 40.3 Å². The molecular formula is C15H27BrN4O. The molecule has 0 aromatic carbocycles. The zero-order chi connectivity index (χ0) is 16.2. The van der Waals surface area contributed by atoms with E-state index in [9.17, 15) is 4.79 Å². The zero-order valence-electron chi connectivity index (χ0n) is 13.9. The molecule has 1 atom stereocenters. The smallest absolute Gasteiger partial charge is 0.283 e. The zero-order valence-corrected chi connectivity index (χ0v) is 15.4. The van der Waals surface area contributed by atoms with Gasteiger partial charge in [-0.15, -0.1) is 0 Å². The second kappa shape index (κ2) is 7.94. The molecule has 0 aliphatic carbocycles. The molecule has 0 saturated carbocycles. The highest BCUT2D eigenvalue weighted by Crippen LogP contribution is 2.19. The molecule has 0 aliphatic heterocycles. The average Bonchev–Trinajstić information content (AvgIpc) is 2.36. The number of nitrogens with one attached hydrogen (secondary N) is 1. The Morgan fingerprint density at radius 3 is 2.43 bits per heavy atom. The van der Waals surface area contributed by atoms with Gasteiger partial charge in [0.05, 0.1) is 11.9 Å². The third-order valence-electron chi connectivity index (χ3n) is 3.23. The Labute approximate surface area is 135 Å². The van der Waals surface area contributed by atoms with Crippen LogP contribution < -0.4 is 10.9 Å². The van der Waals surface area contributed by atoms with Gasteiger partial charge in [0, 0.05) is 19.1 Å². The summed E-state index contributed by atoms with van der Waals surface area (Å²) >= 11 is 3.42. The van der Waals surface area contributed by atoms with Crippen molar-refractivity contribution in [2.24, 2.45) is 11.8 Å². The van der Waals surface area contributed by atoms with Crippen LogP contribution in [0, 0.1) is 11.8 Å². The van der Waals surface area contributed by atoms with Gasteiger partial charge in [0.2, 0.25) is 0 Å². The molecule has 0 amide bonds. The minimum Gasteiger partial charge on any atom is -0.378 e. The molecule has 1 aromatic heterocycles. The Balaban J connectivity index is 2.98. The second-order valence-electron chi connectivity index (χ2n) is 6.51. The van der Waals surface area contributed by atoms with Gasteiger partial charge >= 0.3 is 0 Å². The molecule has 5 nitrogen and oxygen atoms in total. The van der Waals surface area contributed by atoms with Crippen molar-refractivity contribution in [1.29, 1.82) is 0 Å². The lowest BCUT2D eigenvalue weighted by atomic mass is 10.0. The van der Waals surface area contributed by atoms with Crippen LogP contribution >= 0.6 is 15.9 Å². The maximum Gasteiger partial charge on any atom is 0.283 e. The van der Waals surface area contributed by atoms with Crippen molar-refractivity contribution in [3.05, 3.63) is 21.0 Å². The highest BCUT2D eigenvalue weighted by Gasteiger charge is 2.17. The van der Waals surface area contributed by atoms with Crippen LogP contribution in [0.2, 0.25) is 0 Å². The van der Waals surface area contributed by atoms with E-state index in [0.717, 1.165) is 12.2 Å². The fourth-order valence-corrected chi connectivity index (χ4v) is 2.48. The molecule has 6 heteroatoms. The molecule has 0 bridgehead atoms. The van der Waals surface area contributed by atoms with Crippen molar-refractivity contribution in [2.75, 3.05) is 26.0 Å². The SMILES string of the molecule is CC(C)Cn1ncc(NC(CN(C)C)C(C)C)c(Br)c1=O. The standard InChI is InChI=1S/C15H27BrN4O/c1-10(2)8-20-15(21)14(16)12(7-17-20)18-13(11(3)4)9-19(5)6/h7,10-11,13,18H,8-9H2,1-6H3. The van der Waals surface area contributed by atoms with Crippen molar-refractivity contribution < 1.29 is 0 Å². The van der Waals surface area contributed by atoms with Gasteiger partial charge < -0.3 is 10.2 Å². The number of aromatic nitrogens is 2. The van der Waals surface area contributed by atoms with Crippen LogP contribution in [0.3, 0.4) is 0 Å². The average molecular weight is 359 g/mol. The molecule has 1 aromatic rings. The summed E-state index contributed by atoms with van der Waals surface area (Å²) in [4.78, 5) is 14.4. The van der Waals surface area contributed by atoms with E-state index < -0.39 is 0 Å². The molecule has 21 heavy (non-hydrogen) atoms. The molecule has 1 rings (SSSR count). The van der Waals surface area contributed by atoms with Gasteiger partial charge in [-0.2, -0.15) is 5.10 Å². The lowest BCUT2D eigenvalue weighted by molar-refractivity contribution is 0.344. The van der Waals surface area contributed by atoms with E-state index in [-0.39, 0.29) is 11.6 Å². The Hall–Kier alpha value is -0.880. The summed E-state index contributed by atoms with van der Waals surface area (Å²) in [7, 11) is 4.09. The molecule has 1 heterocycles. The lowest BCUT2D eigenvalue weighted by Gasteiger charge is -2.27. The molecule has 0 fully saturated rings. The van der Waals surface area contributed by atoms with Crippen LogP contribution in [-0.4, -0.2) is 41.4 Å². The fraction of sp³-hybridized carbons (Fsp3) is 0.733. The molecule has 0 radical (unpaired) electrons. The number of hydrogen-bond acceptors (Lipinski definition) is 4. The maximum atomic E-state index is 12.3. The van der Waals surface area contributed by atoms with Gasteiger partial charge in [-0.25, -0.2) is 4.68 Å². The van der Waals surface area contributed by atoms with Gasteiger partial charge in [-0.05, 0) is 41.9 Å². The first kappa shape index (κ1) is 18.2. The quantitative estimate of drug-likeness (QED) is 0.813. The topological polar surface area (TPSA) is 50.2 Å². The van der Waals surface area contributed by atoms with Crippen molar-refractivity contribution in [3.8, 4) is 0 Å². The molecule has 120 valence electrons. The Bertz CT molecular complexity index is 511. The van der Waals surface area contributed by atoms with E-state index in [1.165, 1.54) is 4.68 Å². The largest absolute Gasteiger partial charge is 0.378 e. The van der Waals surface area contributed by atoms with Gasteiger partial charge in [-0.1, -0.05) is 27.7 Å². The summed E-state index contributed by atoms with van der Waals surface area (Å²) in [6.45, 7) is 10.0. The predicted octanol–water partition coefficient (Wildman–Crippen LogP) is 2.66. The van der Waals surface area contributed by atoms with Crippen molar-refractivity contribution in [3.63, 3.8) is 0 Å². The molecular weight excluding hydrogens is 332 g/mol. The molecule has 1 unspecified atom stereocenters. The highest BCUT2D eigenvalue weighted by molar-refractivity contribution is 9.10. The van der Waals surface area contributed by atoms with Gasteiger partial charge in [0.1, 0.15) is 4.47 Å². The minimum atomic E-state index is -0.0824. The van der Waals surface area contributed by atoms with Gasteiger partial charge in [0.15, 0.2) is 0 Å². The molecule has 0 spiro atoms. The maximum absolute atomic E-state index is 12.3. The Morgan fingerprint density at radius 2 is 1.95 bits per heavy atom. The van der Waals surface area contributed by atoms with E-state index >= 15 is 0 Å². The van der Waals surface area contributed by atoms with Crippen molar-refractivity contribution in [1.82, 2.24) is 14.7 Å². The number of anilines is 1. The molecule has 1 N–H and O–H groups in total. The van der Waals surface area contributed by atoms with Crippen LogP contribution in [-0.2, 0) is 6.54 Å². The first-order valence-corrected chi connectivity index (χ1v) is 8.18. The minimum absolute atomic E-state index is 0.0824. The summed E-state index contributed by atoms with van der Waals surface area (Å²) in [6, 6.07) is 0.262. The third-order valence-corrected chi connectivity index (χ3v) is 4.00. The van der Waals surface area contributed by atoms with Crippen LogP contribution in [0.15, 0.2) is 15.5 Å². The monoisotopic (exact) mass is 358 g/mol. The Morgan fingerprint density at radius 1 is 1.33 bits per heavy atom. The van der Waals surface area contributed by atoms with E-state index in [1.54, 1.807) is 6.20 Å². The van der Waals surface area contributed by atoms with Crippen LogP contribution in [0.5, 0.6) is 0 Å². The third kappa shape index (κ3) is 5.43. The number of rotatable bonds is 7. The van der Waals surface area contributed by atoms with E-state index in [1.807, 2.05) is 14.1 Å². The summed E-state index contributed by atoms with van der Waals surface area (Å²) in [5, 5.41) is 7.70. The molecule has 0 saturated heterocycles. The van der Waals surface area contributed by atoms with Gasteiger partial charge in [-0.3, -0.25) is 4.79 Å². The lowest BCUT2D eigenvalue weighted by Crippen LogP contribution is -2.37. The first-order valence-electron chi connectivity index (χ1n) is 7.39. The number of nitrogens with zero attached hydrogens (tertiary/aromatic N) is 3. The second-order valence-corrected chi connectivity index (χ2v) is 7.30. The van der Waals surface area contributed by atoms with E-state index in [4.69, 9.17) is 0 Å². The normalized spacial score (nSPS) is 13.2. The van der Waals surface area contributed by atoms with Crippen LogP contribution in [0.1, 0.15) is 27.7 Å². The fourth-order valence-electron chi connectivity index (χ4n) is 2.06. The van der Waals surface area contributed by atoms with Gasteiger partial charge in [0.25, 0.3) is 5.56 Å². The predicted molar refractivity (Wildman–Crippen MR) is 91.8 cm³/mol. The Kier molecular flexibility index (Phi) is 6.87. The number of hydrogen-bond donors (Lipinski definition) is 1.